The quantitative estimate of drug-likeness (QED) is 0.610. The Bertz CT molecular complexity index is 887. The van der Waals surface area contributed by atoms with Crippen LogP contribution in [0.1, 0.15) is 23.0 Å². The van der Waals surface area contributed by atoms with Gasteiger partial charge in [-0.3, -0.25) is 0 Å². The van der Waals surface area contributed by atoms with Crippen molar-refractivity contribution >= 4 is 22.6 Å². The van der Waals surface area contributed by atoms with Crippen molar-refractivity contribution in [2.45, 2.75) is 13.5 Å². The maximum atomic E-state index is 11.7. The molecule has 1 aromatic heterocycles. The average Bonchev–Trinajstić information content (AvgIpc) is 2.95. The summed E-state index contributed by atoms with van der Waals surface area (Å²) in [6.07, 6.45) is 0. The number of carboxylic acid groups (broad SMARTS) is 1. The summed E-state index contributed by atoms with van der Waals surface area (Å²) in [6.45, 7) is 5.26. The molecule has 0 saturated heterocycles. The molecule has 0 radical (unpaired) electrons. The van der Waals surface area contributed by atoms with Crippen LogP contribution in [0.3, 0.4) is 0 Å². The van der Waals surface area contributed by atoms with Crippen molar-refractivity contribution in [2.24, 2.45) is 7.05 Å². The van der Waals surface area contributed by atoms with Crippen molar-refractivity contribution in [1.82, 2.24) is 9.88 Å². The molecule has 5 nitrogen and oxygen atoms in total. The minimum Gasteiger partial charge on any atom is -0.477 e. The van der Waals surface area contributed by atoms with Crippen molar-refractivity contribution in [3.8, 4) is 0 Å². The molecule has 0 amide bonds. The number of benzene rings is 2. The maximum absolute atomic E-state index is 11.7. The molecular weight excluding hydrogens is 326 g/mol. The number of nitrogens with zero attached hydrogens (tertiary/aromatic N) is 2. The fourth-order valence-corrected chi connectivity index (χ4v) is 3.46. The van der Waals surface area contributed by atoms with Gasteiger partial charge in [0.05, 0.1) is 0 Å². The second kappa shape index (κ2) is 8.06. The van der Waals surface area contributed by atoms with Gasteiger partial charge in [0.15, 0.2) is 0 Å². The van der Waals surface area contributed by atoms with Crippen molar-refractivity contribution < 1.29 is 9.90 Å². The van der Waals surface area contributed by atoms with Crippen LogP contribution in [0.25, 0.3) is 10.9 Å². The molecule has 2 aromatic carbocycles. The smallest absolute Gasteiger partial charge is 0.352 e. The first-order valence-electron chi connectivity index (χ1n) is 8.93. The Morgan fingerprint density at radius 3 is 2.50 bits per heavy atom. The van der Waals surface area contributed by atoms with E-state index in [-0.39, 0.29) is 0 Å². The number of hydrogen-bond acceptors (Lipinski definition) is 3. The van der Waals surface area contributed by atoms with Crippen LogP contribution in [-0.4, -0.2) is 35.3 Å². The summed E-state index contributed by atoms with van der Waals surface area (Å²) in [6, 6.07) is 18.1. The van der Waals surface area contributed by atoms with Gasteiger partial charge in [0.25, 0.3) is 0 Å². The normalized spacial score (nSPS) is 11.0. The largest absolute Gasteiger partial charge is 0.477 e. The molecule has 26 heavy (non-hydrogen) atoms. The van der Waals surface area contributed by atoms with E-state index < -0.39 is 5.97 Å². The fraction of sp³-hybridized carbons (Fsp3) is 0.286. The first kappa shape index (κ1) is 18.0. The third kappa shape index (κ3) is 3.58. The molecule has 0 aliphatic rings. The predicted octanol–water partition coefficient (Wildman–Crippen LogP) is 3.49. The second-order valence-electron chi connectivity index (χ2n) is 6.30. The standard InChI is InChI=1S/C21H25N3O2/c1-3-24(16-9-5-4-6-10-16)14-13-22-15-18-17-11-7-8-12-19(17)23(2)20(18)21(25)26/h4-12,22H,3,13-15H2,1-2H3,(H,25,26). The van der Waals surface area contributed by atoms with Crippen molar-refractivity contribution in [2.75, 3.05) is 24.5 Å². The number of nitrogens with one attached hydrogen (secondary N) is 1. The molecule has 1 heterocycles. The highest BCUT2D eigenvalue weighted by Crippen LogP contribution is 2.25. The van der Waals surface area contributed by atoms with Crippen LogP contribution in [0, 0.1) is 0 Å². The third-order valence-electron chi connectivity index (χ3n) is 4.78. The maximum Gasteiger partial charge on any atom is 0.352 e. The molecule has 0 fully saturated rings. The lowest BCUT2D eigenvalue weighted by molar-refractivity contribution is 0.0685. The van der Waals surface area contributed by atoms with Gasteiger partial charge in [-0.05, 0) is 25.1 Å². The Balaban J connectivity index is 1.70. The lowest BCUT2D eigenvalue weighted by atomic mass is 10.1. The summed E-state index contributed by atoms with van der Waals surface area (Å²) in [5, 5.41) is 14.0. The minimum atomic E-state index is -0.889. The number of rotatable bonds is 8. The van der Waals surface area contributed by atoms with Crippen LogP contribution in [0.2, 0.25) is 0 Å². The Hall–Kier alpha value is -2.79. The number of likely N-dealkylation sites (N-methyl/N-ethyl adjacent to an activating group) is 1. The van der Waals surface area contributed by atoms with Gasteiger partial charge in [0, 0.05) is 55.4 Å². The van der Waals surface area contributed by atoms with Gasteiger partial charge in [0.2, 0.25) is 0 Å². The first-order chi connectivity index (χ1) is 12.6. The zero-order valence-electron chi connectivity index (χ0n) is 15.3. The van der Waals surface area contributed by atoms with Crippen molar-refractivity contribution in [3.05, 3.63) is 65.9 Å². The SMILES string of the molecule is CCN(CCNCc1c(C(=O)O)n(C)c2ccccc12)c1ccccc1. The first-order valence-corrected chi connectivity index (χ1v) is 8.93. The van der Waals surface area contributed by atoms with Gasteiger partial charge in [0.1, 0.15) is 5.69 Å². The molecule has 0 spiro atoms. The average molecular weight is 351 g/mol. The molecule has 0 bridgehead atoms. The van der Waals surface area contributed by atoms with Crippen LogP contribution in [0.5, 0.6) is 0 Å². The van der Waals surface area contributed by atoms with E-state index in [9.17, 15) is 9.90 Å². The summed E-state index contributed by atoms with van der Waals surface area (Å²) in [5.41, 5.74) is 3.35. The molecule has 0 saturated carbocycles. The molecule has 3 rings (SSSR count). The molecule has 0 atom stereocenters. The van der Waals surface area contributed by atoms with E-state index in [1.54, 1.807) is 4.57 Å². The number of carbonyl (C=O) groups is 1. The number of para-hydroxylation sites is 2. The van der Waals surface area contributed by atoms with Crippen LogP contribution >= 0.6 is 0 Å². The van der Waals surface area contributed by atoms with Crippen LogP contribution in [0.15, 0.2) is 54.6 Å². The number of carboxylic acids is 1. The Morgan fingerprint density at radius 1 is 1.12 bits per heavy atom. The Labute approximate surface area is 153 Å². The molecular formula is C21H25N3O2. The number of aromatic carboxylic acids is 1. The Morgan fingerprint density at radius 2 is 1.81 bits per heavy atom. The zero-order chi connectivity index (χ0) is 18.5. The molecule has 5 heteroatoms. The third-order valence-corrected chi connectivity index (χ3v) is 4.78. The van der Waals surface area contributed by atoms with E-state index in [1.807, 2.05) is 49.5 Å². The van der Waals surface area contributed by atoms with Gasteiger partial charge >= 0.3 is 5.97 Å². The molecule has 3 aromatic rings. The van der Waals surface area contributed by atoms with E-state index in [2.05, 4.69) is 29.3 Å². The van der Waals surface area contributed by atoms with E-state index in [0.29, 0.717) is 12.2 Å². The van der Waals surface area contributed by atoms with Gasteiger partial charge in [-0.1, -0.05) is 36.4 Å². The van der Waals surface area contributed by atoms with Gasteiger partial charge in [-0.2, -0.15) is 0 Å². The number of hydrogen-bond donors (Lipinski definition) is 2. The van der Waals surface area contributed by atoms with Crippen LogP contribution in [0.4, 0.5) is 5.69 Å². The van der Waals surface area contributed by atoms with E-state index >= 15 is 0 Å². The van der Waals surface area contributed by atoms with Gasteiger partial charge < -0.3 is 19.9 Å². The molecule has 0 unspecified atom stereocenters. The summed E-state index contributed by atoms with van der Waals surface area (Å²) >= 11 is 0. The van der Waals surface area contributed by atoms with E-state index in [4.69, 9.17) is 0 Å². The zero-order valence-corrected chi connectivity index (χ0v) is 15.3. The van der Waals surface area contributed by atoms with Gasteiger partial charge in [-0.25, -0.2) is 4.79 Å². The highest BCUT2D eigenvalue weighted by Gasteiger charge is 2.19. The number of aromatic nitrogens is 1. The molecule has 2 N–H and O–H groups in total. The van der Waals surface area contributed by atoms with Crippen molar-refractivity contribution in [3.63, 3.8) is 0 Å². The van der Waals surface area contributed by atoms with E-state index in [0.717, 1.165) is 36.1 Å². The number of aryl methyl sites for hydroxylation is 1. The van der Waals surface area contributed by atoms with Gasteiger partial charge in [-0.15, -0.1) is 0 Å². The monoisotopic (exact) mass is 351 g/mol. The predicted molar refractivity (Wildman–Crippen MR) is 106 cm³/mol. The fourth-order valence-electron chi connectivity index (χ4n) is 3.46. The summed E-state index contributed by atoms with van der Waals surface area (Å²) in [5.74, 6) is -0.889. The minimum absolute atomic E-state index is 0.356. The molecule has 0 aliphatic carbocycles. The van der Waals surface area contributed by atoms with Crippen LogP contribution in [-0.2, 0) is 13.6 Å². The van der Waals surface area contributed by atoms with Crippen molar-refractivity contribution in [1.29, 1.82) is 0 Å². The summed E-state index contributed by atoms with van der Waals surface area (Å²) < 4.78 is 1.76. The Kier molecular flexibility index (Phi) is 5.58. The second-order valence-corrected chi connectivity index (χ2v) is 6.30. The lowest BCUT2D eigenvalue weighted by Gasteiger charge is -2.23. The lowest BCUT2D eigenvalue weighted by Crippen LogP contribution is -2.32. The van der Waals surface area contributed by atoms with Crippen LogP contribution < -0.4 is 10.2 Å². The topological polar surface area (TPSA) is 57.5 Å². The summed E-state index contributed by atoms with van der Waals surface area (Å²) in [7, 11) is 1.81. The highest BCUT2D eigenvalue weighted by molar-refractivity contribution is 5.98. The highest BCUT2D eigenvalue weighted by atomic mass is 16.4. The number of anilines is 1. The number of fused-ring (bicyclic) bond motifs is 1. The summed E-state index contributed by atoms with van der Waals surface area (Å²) in [4.78, 5) is 14.0. The molecule has 136 valence electrons. The van der Waals surface area contributed by atoms with E-state index in [1.165, 1.54) is 5.69 Å². The molecule has 0 aliphatic heterocycles.